The van der Waals surface area contributed by atoms with Gasteiger partial charge in [0.1, 0.15) is 0 Å². The van der Waals surface area contributed by atoms with Crippen molar-refractivity contribution < 1.29 is 17.4 Å². The molecule has 0 aromatic rings. The van der Waals surface area contributed by atoms with Gasteiger partial charge in [-0.2, -0.15) is 8.42 Å². The zero-order chi connectivity index (χ0) is 10.1. The molecule has 1 rings (SSSR count). The summed E-state index contributed by atoms with van der Waals surface area (Å²) in [5.74, 6) is -0.253. The van der Waals surface area contributed by atoms with Gasteiger partial charge in [-0.3, -0.25) is 8.98 Å². The molecule has 1 atom stereocenters. The third kappa shape index (κ3) is 2.96. The van der Waals surface area contributed by atoms with E-state index in [1.54, 1.807) is 4.90 Å². The largest absolute Gasteiger partial charge is 0.340 e. The van der Waals surface area contributed by atoms with E-state index in [0.29, 0.717) is 13.1 Å². The molecular formula is C7H13NO4S. The molecule has 0 saturated carbocycles. The Morgan fingerprint density at radius 1 is 1.46 bits per heavy atom. The standard InChI is InChI=1S/C7H13NO4S/c1-6(12-13(2,10)11)7(9)8-4-3-5-8/h6H,3-5H2,1-2H3/t6-/m1/s1. The lowest BCUT2D eigenvalue weighted by molar-refractivity contribution is -0.141. The number of carbonyl (C=O) groups excluding carboxylic acids is 1. The summed E-state index contributed by atoms with van der Waals surface area (Å²) in [6.45, 7) is 2.86. The van der Waals surface area contributed by atoms with Gasteiger partial charge in [0.25, 0.3) is 16.0 Å². The fraction of sp³-hybridized carbons (Fsp3) is 0.857. The van der Waals surface area contributed by atoms with Crippen LogP contribution in [0.5, 0.6) is 0 Å². The van der Waals surface area contributed by atoms with Crippen LogP contribution in [0.2, 0.25) is 0 Å². The molecule has 76 valence electrons. The first-order valence-corrected chi connectivity index (χ1v) is 5.89. The first kappa shape index (κ1) is 10.5. The van der Waals surface area contributed by atoms with Crippen molar-refractivity contribution in [1.29, 1.82) is 0 Å². The van der Waals surface area contributed by atoms with Gasteiger partial charge >= 0.3 is 0 Å². The van der Waals surface area contributed by atoms with Crippen molar-refractivity contribution in [2.24, 2.45) is 0 Å². The molecule has 1 aliphatic rings. The van der Waals surface area contributed by atoms with Crippen molar-refractivity contribution in [2.45, 2.75) is 19.4 Å². The first-order chi connectivity index (χ1) is 5.90. The summed E-state index contributed by atoms with van der Waals surface area (Å²) in [5.41, 5.74) is 0. The predicted octanol–water partition coefficient (Wildman–Crippen LogP) is -0.417. The van der Waals surface area contributed by atoms with Gasteiger partial charge in [-0.05, 0) is 13.3 Å². The molecule has 1 amide bonds. The molecule has 13 heavy (non-hydrogen) atoms. The molecular weight excluding hydrogens is 194 g/mol. The number of nitrogens with zero attached hydrogens (tertiary/aromatic N) is 1. The number of likely N-dealkylation sites (tertiary alicyclic amines) is 1. The number of amides is 1. The minimum Gasteiger partial charge on any atom is -0.340 e. The van der Waals surface area contributed by atoms with E-state index in [-0.39, 0.29) is 5.91 Å². The molecule has 0 aromatic carbocycles. The van der Waals surface area contributed by atoms with E-state index < -0.39 is 16.2 Å². The molecule has 6 heteroatoms. The van der Waals surface area contributed by atoms with Crippen molar-refractivity contribution in [1.82, 2.24) is 4.90 Å². The average Bonchev–Trinajstić information content (AvgIpc) is 1.78. The number of rotatable bonds is 3. The minimum atomic E-state index is -3.53. The van der Waals surface area contributed by atoms with Crippen molar-refractivity contribution in [3.8, 4) is 0 Å². The number of hydrogen-bond donors (Lipinski definition) is 0. The fourth-order valence-electron chi connectivity index (χ4n) is 1.10. The van der Waals surface area contributed by atoms with Gasteiger partial charge in [0.2, 0.25) is 0 Å². The average molecular weight is 207 g/mol. The molecule has 0 aliphatic carbocycles. The lowest BCUT2D eigenvalue weighted by Crippen LogP contribution is -2.47. The molecule has 0 spiro atoms. The monoisotopic (exact) mass is 207 g/mol. The summed E-state index contributed by atoms with van der Waals surface area (Å²) in [6.07, 6.45) is 1.03. The van der Waals surface area contributed by atoms with E-state index in [0.717, 1.165) is 12.7 Å². The van der Waals surface area contributed by atoms with Crippen LogP contribution in [0.3, 0.4) is 0 Å². The highest BCUT2D eigenvalue weighted by Gasteiger charge is 2.27. The second kappa shape index (κ2) is 3.63. The van der Waals surface area contributed by atoms with Gasteiger partial charge in [0.05, 0.1) is 6.26 Å². The third-order valence-corrected chi connectivity index (χ3v) is 2.47. The van der Waals surface area contributed by atoms with Crippen LogP contribution in [0.25, 0.3) is 0 Å². The Morgan fingerprint density at radius 3 is 2.31 bits per heavy atom. The first-order valence-electron chi connectivity index (χ1n) is 4.07. The molecule has 0 bridgehead atoms. The van der Waals surface area contributed by atoms with Crippen LogP contribution in [-0.2, 0) is 19.1 Å². The van der Waals surface area contributed by atoms with E-state index in [1.165, 1.54) is 6.92 Å². The topological polar surface area (TPSA) is 63.7 Å². The number of hydrogen-bond acceptors (Lipinski definition) is 4. The van der Waals surface area contributed by atoms with Gasteiger partial charge in [0.15, 0.2) is 6.10 Å². The summed E-state index contributed by atoms with van der Waals surface area (Å²) in [5, 5.41) is 0. The highest BCUT2D eigenvalue weighted by atomic mass is 32.2. The third-order valence-electron chi connectivity index (χ3n) is 1.83. The second-order valence-corrected chi connectivity index (χ2v) is 4.72. The van der Waals surface area contributed by atoms with Gasteiger partial charge in [-0.1, -0.05) is 0 Å². The molecule has 1 saturated heterocycles. The van der Waals surface area contributed by atoms with Crippen molar-refractivity contribution >= 4 is 16.0 Å². The molecule has 1 aliphatic heterocycles. The SMILES string of the molecule is C[C@@H](OS(C)(=O)=O)C(=O)N1CCC1. The van der Waals surface area contributed by atoms with Crippen LogP contribution in [0.4, 0.5) is 0 Å². The van der Waals surface area contributed by atoms with Crippen LogP contribution in [0, 0.1) is 0 Å². The van der Waals surface area contributed by atoms with Crippen molar-refractivity contribution in [3.05, 3.63) is 0 Å². The molecule has 1 heterocycles. The van der Waals surface area contributed by atoms with E-state index in [9.17, 15) is 13.2 Å². The normalized spacial score (nSPS) is 19.4. The zero-order valence-corrected chi connectivity index (χ0v) is 8.50. The highest BCUT2D eigenvalue weighted by molar-refractivity contribution is 7.86. The molecule has 0 N–H and O–H groups in total. The van der Waals surface area contributed by atoms with Gasteiger partial charge in [0, 0.05) is 13.1 Å². The van der Waals surface area contributed by atoms with Crippen LogP contribution >= 0.6 is 0 Å². The van der Waals surface area contributed by atoms with E-state index in [4.69, 9.17) is 0 Å². The smallest absolute Gasteiger partial charge is 0.265 e. The summed E-state index contributed by atoms with van der Waals surface area (Å²) < 4.78 is 25.9. The van der Waals surface area contributed by atoms with Gasteiger partial charge in [-0.25, -0.2) is 0 Å². The molecule has 0 aromatic heterocycles. The van der Waals surface area contributed by atoms with E-state index in [1.807, 2.05) is 0 Å². The van der Waals surface area contributed by atoms with Crippen LogP contribution in [-0.4, -0.2) is 44.7 Å². The Labute approximate surface area is 77.8 Å². The maximum Gasteiger partial charge on any atom is 0.265 e. The van der Waals surface area contributed by atoms with Crippen molar-refractivity contribution in [3.63, 3.8) is 0 Å². The maximum absolute atomic E-state index is 11.3. The van der Waals surface area contributed by atoms with Crippen molar-refractivity contribution in [2.75, 3.05) is 19.3 Å². The lowest BCUT2D eigenvalue weighted by Gasteiger charge is -2.32. The molecule has 0 unspecified atom stereocenters. The Bertz CT molecular complexity index is 294. The Balaban J connectivity index is 2.47. The van der Waals surface area contributed by atoms with Crippen LogP contribution in [0.1, 0.15) is 13.3 Å². The van der Waals surface area contributed by atoms with E-state index >= 15 is 0 Å². The van der Waals surface area contributed by atoms with Crippen LogP contribution in [0.15, 0.2) is 0 Å². The lowest BCUT2D eigenvalue weighted by atomic mass is 10.2. The van der Waals surface area contributed by atoms with Crippen LogP contribution < -0.4 is 0 Å². The minimum absolute atomic E-state index is 0.253. The summed E-state index contributed by atoms with van der Waals surface area (Å²) in [4.78, 5) is 12.9. The molecule has 0 radical (unpaired) electrons. The fourth-order valence-corrected chi connectivity index (χ4v) is 1.70. The van der Waals surface area contributed by atoms with Gasteiger partial charge < -0.3 is 4.90 Å². The second-order valence-electron chi connectivity index (χ2n) is 3.12. The highest BCUT2D eigenvalue weighted by Crippen LogP contribution is 2.10. The summed E-state index contributed by atoms with van der Waals surface area (Å²) >= 11 is 0. The van der Waals surface area contributed by atoms with Gasteiger partial charge in [-0.15, -0.1) is 0 Å². The Morgan fingerprint density at radius 2 is 2.00 bits per heavy atom. The predicted molar refractivity (Wildman–Crippen MR) is 46.6 cm³/mol. The maximum atomic E-state index is 11.3. The molecule has 5 nitrogen and oxygen atoms in total. The quantitative estimate of drug-likeness (QED) is 0.590. The summed E-state index contributed by atoms with van der Waals surface area (Å²) in [7, 11) is -3.53. The Hall–Kier alpha value is -0.620. The zero-order valence-electron chi connectivity index (χ0n) is 7.69. The van der Waals surface area contributed by atoms with E-state index in [2.05, 4.69) is 4.18 Å². The number of carbonyl (C=O) groups is 1. The Kier molecular flexibility index (Phi) is 2.92. The molecule has 1 fully saturated rings. The summed E-state index contributed by atoms with van der Waals surface area (Å²) in [6, 6.07) is 0.